The standard InChI is InChI=1S/C11H14O2/c1-2-3-4-5-7-10(12)11-8-6-9-13-11/h6,8-10,12H,2-4H2,1H3. The fourth-order valence-electron chi connectivity index (χ4n) is 0.952. The molecule has 2 heteroatoms. The Morgan fingerprint density at radius 1 is 1.62 bits per heavy atom. The summed E-state index contributed by atoms with van der Waals surface area (Å²) in [7, 11) is 0. The zero-order valence-electron chi connectivity index (χ0n) is 7.79. The summed E-state index contributed by atoms with van der Waals surface area (Å²) in [6.45, 7) is 2.12. The van der Waals surface area contributed by atoms with Crippen LogP contribution in [0.15, 0.2) is 22.8 Å². The molecule has 0 aliphatic rings. The first-order chi connectivity index (χ1) is 6.34. The lowest BCUT2D eigenvalue weighted by atomic mass is 10.2. The molecule has 13 heavy (non-hydrogen) atoms. The maximum absolute atomic E-state index is 9.44. The minimum absolute atomic E-state index is 0.518. The number of hydrogen-bond donors (Lipinski definition) is 1. The van der Waals surface area contributed by atoms with Crippen molar-refractivity contribution in [1.82, 2.24) is 0 Å². The van der Waals surface area contributed by atoms with E-state index >= 15 is 0 Å². The molecule has 0 spiro atoms. The van der Waals surface area contributed by atoms with Crippen molar-refractivity contribution in [1.29, 1.82) is 0 Å². The van der Waals surface area contributed by atoms with E-state index in [0.29, 0.717) is 5.76 Å². The van der Waals surface area contributed by atoms with E-state index in [1.54, 1.807) is 12.1 Å². The number of furan rings is 1. The normalized spacial score (nSPS) is 11.8. The monoisotopic (exact) mass is 178 g/mol. The fraction of sp³-hybridized carbons (Fsp3) is 0.455. The van der Waals surface area contributed by atoms with Crippen LogP contribution in [0.2, 0.25) is 0 Å². The summed E-state index contributed by atoms with van der Waals surface area (Å²) in [6.07, 6.45) is 3.82. The molecule has 0 saturated carbocycles. The van der Waals surface area contributed by atoms with Crippen molar-refractivity contribution in [2.75, 3.05) is 0 Å². The van der Waals surface area contributed by atoms with Gasteiger partial charge >= 0.3 is 0 Å². The van der Waals surface area contributed by atoms with Crippen LogP contribution in [0.4, 0.5) is 0 Å². The van der Waals surface area contributed by atoms with Crippen LogP contribution in [-0.4, -0.2) is 5.11 Å². The molecule has 1 rings (SSSR count). The van der Waals surface area contributed by atoms with E-state index in [0.717, 1.165) is 19.3 Å². The lowest BCUT2D eigenvalue weighted by Crippen LogP contribution is -1.89. The third-order valence-electron chi connectivity index (χ3n) is 1.71. The van der Waals surface area contributed by atoms with Crippen molar-refractivity contribution in [2.24, 2.45) is 0 Å². The second-order valence-corrected chi connectivity index (χ2v) is 2.84. The maximum Gasteiger partial charge on any atom is 0.172 e. The first-order valence-corrected chi connectivity index (χ1v) is 4.54. The third-order valence-corrected chi connectivity index (χ3v) is 1.71. The lowest BCUT2D eigenvalue weighted by molar-refractivity contribution is 0.206. The SMILES string of the molecule is CCCCC#CC(O)c1ccco1. The molecular formula is C11H14O2. The number of rotatable bonds is 3. The molecule has 1 unspecified atom stereocenters. The smallest absolute Gasteiger partial charge is 0.172 e. The average Bonchev–Trinajstić information content (AvgIpc) is 2.65. The van der Waals surface area contributed by atoms with Crippen molar-refractivity contribution in [3.63, 3.8) is 0 Å². The molecule has 0 aromatic carbocycles. The first kappa shape index (κ1) is 9.88. The van der Waals surface area contributed by atoms with Gasteiger partial charge in [0.25, 0.3) is 0 Å². The minimum Gasteiger partial charge on any atom is -0.466 e. The van der Waals surface area contributed by atoms with Gasteiger partial charge in [-0.3, -0.25) is 0 Å². The Balaban J connectivity index is 2.39. The molecule has 1 aromatic rings. The van der Waals surface area contributed by atoms with Gasteiger partial charge in [-0.05, 0) is 18.6 Å². The van der Waals surface area contributed by atoms with Gasteiger partial charge in [0.15, 0.2) is 6.10 Å². The molecule has 0 aliphatic carbocycles. The summed E-state index contributed by atoms with van der Waals surface area (Å²) in [5.41, 5.74) is 0. The predicted molar refractivity (Wildman–Crippen MR) is 51.0 cm³/mol. The number of hydrogen-bond acceptors (Lipinski definition) is 2. The minimum atomic E-state index is -0.771. The summed E-state index contributed by atoms with van der Waals surface area (Å²) in [4.78, 5) is 0. The molecule has 0 bridgehead atoms. The van der Waals surface area contributed by atoms with Crippen LogP contribution >= 0.6 is 0 Å². The quantitative estimate of drug-likeness (QED) is 0.570. The van der Waals surface area contributed by atoms with E-state index in [1.807, 2.05) is 0 Å². The van der Waals surface area contributed by atoms with Gasteiger partial charge in [-0.15, -0.1) is 5.92 Å². The molecule has 1 N–H and O–H groups in total. The van der Waals surface area contributed by atoms with E-state index in [1.165, 1.54) is 6.26 Å². The molecular weight excluding hydrogens is 164 g/mol. The van der Waals surface area contributed by atoms with Crippen LogP contribution in [0.5, 0.6) is 0 Å². The van der Waals surface area contributed by atoms with Crippen molar-refractivity contribution >= 4 is 0 Å². The van der Waals surface area contributed by atoms with E-state index in [-0.39, 0.29) is 0 Å². The molecule has 0 fully saturated rings. The van der Waals surface area contributed by atoms with Crippen LogP contribution in [0.1, 0.15) is 38.1 Å². The Bertz CT molecular complexity index is 277. The van der Waals surface area contributed by atoms with Crippen molar-refractivity contribution in [2.45, 2.75) is 32.3 Å². The molecule has 0 radical (unpaired) electrons. The fourth-order valence-corrected chi connectivity index (χ4v) is 0.952. The molecule has 0 aliphatic heterocycles. The topological polar surface area (TPSA) is 33.4 Å². The molecule has 70 valence electrons. The largest absolute Gasteiger partial charge is 0.466 e. The van der Waals surface area contributed by atoms with Gasteiger partial charge in [-0.1, -0.05) is 19.3 Å². The summed E-state index contributed by atoms with van der Waals surface area (Å²) >= 11 is 0. The van der Waals surface area contributed by atoms with Crippen LogP contribution in [-0.2, 0) is 0 Å². The van der Waals surface area contributed by atoms with Gasteiger partial charge in [-0.2, -0.15) is 0 Å². The highest BCUT2D eigenvalue weighted by molar-refractivity contribution is 5.15. The van der Waals surface area contributed by atoms with Gasteiger partial charge in [0.1, 0.15) is 5.76 Å². The Kier molecular flexibility index (Phi) is 4.14. The van der Waals surface area contributed by atoms with Crippen LogP contribution < -0.4 is 0 Å². The van der Waals surface area contributed by atoms with Gasteiger partial charge in [0.2, 0.25) is 0 Å². The molecule has 1 atom stereocenters. The second-order valence-electron chi connectivity index (χ2n) is 2.84. The number of aliphatic hydroxyl groups excluding tert-OH is 1. The molecule has 0 saturated heterocycles. The Morgan fingerprint density at radius 3 is 3.08 bits per heavy atom. The Morgan fingerprint density at radius 2 is 2.46 bits per heavy atom. The molecule has 0 amide bonds. The van der Waals surface area contributed by atoms with Gasteiger partial charge in [-0.25, -0.2) is 0 Å². The predicted octanol–water partition coefficient (Wildman–Crippen LogP) is 2.51. The van der Waals surface area contributed by atoms with Crippen molar-refractivity contribution in [3.8, 4) is 11.8 Å². The van der Waals surface area contributed by atoms with E-state index < -0.39 is 6.10 Å². The molecule has 1 aromatic heterocycles. The van der Waals surface area contributed by atoms with E-state index in [9.17, 15) is 5.11 Å². The second kappa shape index (κ2) is 5.45. The zero-order chi connectivity index (χ0) is 9.52. The number of aliphatic hydroxyl groups is 1. The van der Waals surface area contributed by atoms with Crippen molar-refractivity contribution < 1.29 is 9.52 Å². The summed E-state index contributed by atoms with van der Waals surface area (Å²) in [6, 6.07) is 3.46. The average molecular weight is 178 g/mol. The van der Waals surface area contributed by atoms with Crippen molar-refractivity contribution in [3.05, 3.63) is 24.2 Å². The summed E-state index contributed by atoms with van der Waals surface area (Å²) in [5, 5.41) is 9.44. The Labute approximate surface area is 78.6 Å². The first-order valence-electron chi connectivity index (χ1n) is 4.54. The van der Waals surface area contributed by atoms with Gasteiger partial charge in [0, 0.05) is 6.42 Å². The summed E-state index contributed by atoms with van der Waals surface area (Å²) < 4.78 is 5.00. The number of unbranched alkanes of at least 4 members (excludes halogenated alkanes) is 2. The van der Waals surface area contributed by atoms with E-state index in [2.05, 4.69) is 18.8 Å². The Hall–Kier alpha value is -1.20. The highest BCUT2D eigenvalue weighted by atomic mass is 16.4. The highest BCUT2D eigenvalue weighted by Crippen LogP contribution is 2.11. The third kappa shape index (κ3) is 3.35. The van der Waals surface area contributed by atoms with E-state index in [4.69, 9.17) is 4.42 Å². The van der Waals surface area contributed by atoms with Gasteiger partial charge in [0.05, 0.1) is 6.26 Å². The molecule has 2 nitrogen and oxygen atoms in total. The van der Waals surface area contributed by atoms with Crippen LogP contribution in [0.3, 0.4) is 0 Å². The zero-order valence-corrected chi connectivity index (χ0v) is 7.79. The molecule has 1 heterocycles. The van der Waals surface area contributed by atoms with Gasteiger partial charge < -0.3 is 9.52 Å². The van der Waals surface area contributed by atoms with Crippen LogP contribution in [0, 0.1) is 11.8 Å². The summed E-state index contributed by atoms with van der Waals surface area (Å²) in [5.74, 6) is 6.16. The van der Waals surface area contributed by atoms with Crippen LogP contribution in [0.25, 0.3) is 0 Å². The lowest BCUT2D eigenvalue weighted by Gasteiger charge is -1.96. The maximum atomic E-state index is 9.44. The highest BCUT2D eigenvalue weighted by Gasteiger charge is 2.04.